The van der Waals surface area contributed by atoms with Gasteiger partial charge in [0.05, 0.1) is 0 Å². The summed E-state index contributed by atoms with van der Waals surface area (Å²) in [5, 5.41) is 7.76. The van der Waals surface area contributed by atoms with Crippen LogP contribution in [0.4, 0.5) is 6.01 Å². The summed E-state index contributed by atoms with van der Waals surface area (Å²) < 4.78 is 10.6. The van der Waals surface area contributed by atoms with Gasteiger partial charge in [0.2, 0.25) is 0 Å². The van der Waals surface area contributed by atoms with E-state index in [0.717, 1.165) is 55.2 Å². The minimum absolute atomic E-state index is 0.708. The van der Waals surface area contributed by atoms with Gasteiger partial charge in [-0.1, -0.05) is 22.4 Å². The lowest BCUT2D eigenvalue weighted by atomic mass is 10.2. The van der Waals surface area contributed by atoms with Crippen molar-refractivity contribution in [2.75, 3.05) is 31.1 Å². The minimum atomic E-state index is 0.708. The Morgan fingerprint density at radius 3 is 2.64 bits per heavy atom. The zero-order valence-electron chi connectivity index (χ0n) is 12.4. The van der Waals surface area contributed by atoms with Gasteiger partial charge < -0.3 is 9.32 Å². The smallest absolute Gasteiger partial charge is 0.298 e. The maximum Gasteiger partial charge on any atom is 0.298 e. The standard InChI is InChI=1S/C15H17N5O2/c1-11-13(18-22-17-11)10-19-6-8-20(9-7-19)15-16-12-4-2-3-5-14(12)21-15/h2-5H,6-10H2,1H3. The fourth-order valence-corrected chi connectivity index (χ4v) is 2.70. The van der Waals surface area contributed by atoms with Crippen molar-refractivity contribution in [3.8, 4) is 0 Å². The SMILES string of the molecule is Cc1nonc1CN1CCN(c2nc3ccccc3o2)CC1. The molecule has 0 amide bonds. The molecule has 1 aromatic carbocycles. The molecule has 114 valence electrons. The molecule has 0 atom stereocenters. The number of fused-ring (bicyclic) bond motifs is 1. The van der Waals surface area contributed by atoms with E-state index in [1.54, 1.807) is 0 Å². The molecule has 1 aliphatic rings. The number of oxazole rings is 1. The number of anilines is 1. The predicted octanol–water partition coefficient (Wildman–Crippen LogP) is 1.84. The maximum atomic E-state index is 5.83. The van der Waals surface area contributed by atoms with Crippen molar-refractivity contribution < 1.29 is 9.05 Å². The molecule has 7 nitrogen and oxygen atoms in total. The first-order chi connectivity index (χ1) is 10.8. The van der Waals surface area contributed by atoms with E-state index in [4.69, 9.17) is 9.05 Å². The average molecular weight is 299 g/mol. The van der Waals surface area contributed by atoms with E-state index >= 15 is 0 Å². The third-order valence-corrected chi connectivity index (χ3v) is 4.05. The Balaban J connectivity index is 1.42. The normalized spacial score (nSPS) is 16.5. The van der Waals surface area contributed by atoms with Crippen LogP contribution in [0.2, 0.25) is 0 Å². The van der Waals surface area contributed by atoms with Gasteiger partial charge >= 0.3 is 0 Å². The Labute approximate surface area is 127 Å². The van der Waals surface area contributed by atoms with Gasteiger partial charge in [-0.15, -0.1) is 0 Å². The fourth-order valence-electron chi connectivity index (χ4n) is 2.70. The van der Waals surface area contributed by atoms with Gasteiger partial charge in [-0.25, -0.2) is 4.63 Å². The summed E-state index contributed by atoms with van der Waals surface area (Å²) in [6.07, 6.45) is 0. The van der Waals surface area contributed by atoms with E-state index in [9.17, 15) is 0 Å². The van der Waals surface area contributed by atoms with Crippen molar-refractivity contribution in [1.82, 2.24) is 20.2 Å². The first kappa shape index (κ1) is 13.3. The van der Waals surface area contributed by atoms with E-state index in [1.807, 2.05) is 31.2 Å². The Bertz CT molecular complexity index is 740. The lowest BCUT2D eigenvalue weighted by molar-refractivity contribution is 0.234. The van der Waals surface area contributed by atoms with Gasteiger partial charge in [-0.05, 0) is 19.1 Å². The molecule has 3 heterocycles. The monoisotopic (exact) mass is 299 g/mol. The lowest BCUT2D eigenvalue weighted by Crippen LogP contribution is -2.46. The summed E-state index contributed by atoms with van der Waals surface area (Å²) in [5.74, 6) is 0. The Kier molecular flexibility index (Phi) is 3.27. The van der Waals surface area contributed by atoms with Gasteiger partial charge in [0.1, 0.15) is 16.9 Å². The number of aromatic nitrogens is 3. The van der Waals surface area contributed by atoms with Crippen molar-refractivity contribution >= 4 is 17.1 Å². The molecule has 0 N–H and O–H groups in total. The van der Waals surface area contributed by atoms with Crippen molar-refractivity contribution in [2.45, 2.75) is 13.5 Å². The average Bonchev–Trinajstić information content (AvgIpc) is 3.15. The third-order valence-electron chi connectivity index (χ3n) is 4.05. The summed E-state index contributed by atoms with van der Waals surface area (Å²) in [5.41, 5.74) is 3.52. The number of para-hydroxylation sites is 2. The Morgan fingerprint density at radius 2 is 1.91 bits per heavy atom. The first-order valence-electron chi connectivity index (χ1n) is 7.40. The second-order valence-electron chi connectivity index (χ2n) is 5.52. The van der Waals surface area contributed by atoms with Crippen LogP contribution in [0, 0.1) is 6.92 Å². The molecule has 0 aliphatic carbocycles. The van der Waals surface area contributed by atoms with Crippen LogP contribution in [0.3, 0.4) is 0 Å². The minimum Gasteiger partial charge on any atom is -0.423 e. The van der Waals surface area contributed by atoms with E-state index < -0.39 is 0 Å². The molecule has 0 unspecified atom stereocenters. The second kappa shape index (κ2) is 5.42. The van der Waals surface area contributed by atoms with Crippen LogP contribution >= 0.6 is 0 Å². The first-order valence-corrected chi connectivity index (χ1v) is 7.40. The van der Waals surface area contributed by atoms with Crippen molar-refractivity contribution in [3.05, 3.63) is 35.7 Å². The topological polar surface area (TPSA) is 71.4 Å². The predicted molar refractivity (Wildman–Crippen MR) is 80.5 cm³/mol. The van der Waals surface area contributed by atoms with Crippen LogP contribution in [0.1, 0.15) is 11.4 Å². The summed E-state index contributed by atoms with van der Waals surface area (Å²) in [4.78, 5) is 9.08. The van der Waals surface area contributed by atoms with Gasteiger partial charge in [-0.3, -0.25) is 4.90 Å². The number of benzene rings is 1. The summed E-state index contributed by atoms with van der Waals surface area (Å²) in [6.45, 7) is 6.33. The van der Waals surface area contributed by atoms with Crippen LogP contribution < -0.4 is 4.90 Å². The molecular weight excluding hydrogens is 282 g/mol. The van der Waals surface area contributed by atoms with Gasteiger partial charge in [0, 0.05) is 32.7 Å². The number of piperazine rings is 1. The van der Waals surface area contributed by atoms with Gasteiger partial charge in [-0.2, -0.15) is 4.98 Å². The van der Waals surface area contributed by atoms with Crippen LogP contribution in [0.25, 0.3) is 11.1 Å². The molecule has 0 spiro atoms. The number of nitrogens with zero attached hydrogens (tertiary/aromatic N) is 5. The summed E-state index contributed by atoms with van der Waals surface area (Å²) in [7, 11) is 0. The zero-order chi connectivity index (χ0) is 14.9. The number of aryl methyl sites for hydroxylation is 1. The highest BCUT2D eigenvalue weighted by atomic mass is 16.6. The zero-order valence-corrected chi connectivity index (χ0v) is 12.4. The molecule has 0 saturated carbocycles. The number of hydrogen-bond donors (Lipinski definition) is 0. The highest BCUT2D eigenvalue weighted by Gasteiger charge is 2.22. The van der Waals surface area contributed by atoms with E-state index in [0.29, 0.717) is 6.01 Å². The molecular formula is C15H17N5O2. The fraction of sp³-hybridized carbons (Fsp3) is 0.400. The molecule has 1 fully saturated rings. The van der Waals surface area contributed by atoms with Crippen LogP contribution in [0.5, 0.6) is 0 Å². The second-order valence-corrected chi connectivity index (χ2v) is 5.52. The number of rotatable bonds is 3. The summed E-state index contributed by atoms with van der Waals surface area (Å²) in [6, 6.07) is 8.56. The Hall–Kier alpha value is -2.41. The number of hydrogen-bond acceptors (Lipinski definition) is 7. The molecule has 7 heteroatoms. The molecule has 3 aromatic rings. The highest BCUT2D eigenvalue weighted by Crippen LogP contribution is 2.22. The van der Waals surface area contributed by atoms with Gasteiger partial charge in [0.15, 0.2) is 5.58 Å². The van der Waals surface area contributed by atoms with E-state index in [2.05, 4.69) is 25.1 Å². The lowest BCUT2D eigenvalue weighted by Gasteiger charge is -2.33. The quantitative estimate of drug-likeness (QED) is 0.730. The molecule has 2 aromatic heterocycles. The Morgan fingerprint density at radius 1 is 1.09 bits per heavy atom. The highest BCUT2D eigenvalue weighted by molar-refractivity contribution is 5.74. The molecule has 1 aliphatic heterocycles. The molecule has 1 saturated heterocycles. The van der Waals surface area contributed by atoms with Gasteiger partial charge in [0.25, 0.3) is 6.01 Å². The van der Waals surface area contributed by atoms with Crippen LogP contribution in [-0.4, -0.2) is 46.4 Å². The molecule has 4 rings (SSSR count). The van der Waals surface area contributed by atoms with E-state index in [-0.39, 0.29) is 0 Å². The van der Waals surface area contributed by atoms with Crippen molar-refractivity contribution in [3.63, 3.8) is 0 Å². The molecule has 0 radical (unpaired) electrons. The van der Waals surface area contributed by atoms with Crippen LogP contribution in [-0.2, 0) is 6.54 Å². The third kappa shape index (κ3) is 2.43. The van der Waals surface area contributed by atoms with Crippen molar-refractivity contribution in [2.24, 2.45) is 0 Å². The maximum absolute atomic E-state index is 5.83. The molecule has 22 heavy (non-hydrogen) atoms. The van der Waals surface area contributed by atoms with E-state index in [1.165, 1.54) is 0 Å². The summed E-state index contributed by atoms with van der Waals surface area (Å²) >= 11 is 0. The van der Waals surface area contributed by atoms with Crippen LogP contribution in [0.15, 0.2) is 33.3 Å². The largest absolute Gasteiger partial charge is 0.423 e. The van der Waals surface area contributed by atoms with Crippen molar-refractivity contribution in [1.29, 1.82) is 0 Å². The molecule has 0 bridgehead atoms.